The van der Waals surface area contributed by atoms with E-state index in [4.69, 9.17) is 4.74 Å². The molecule has 1 aliphatic carbocycles. The summed E-state index contributed by atoms with van der Waals surface area (Å²) in [6, 6.07) is 17.9. The van der Waals surface area contributed by atoms with Crippen LogP contribution in [0, 0.1) is 0 Å². The van der Waals surface area contributed by atoms with E-state index in [2.05, 4.69) is 44.1 Å². The number of Topliss-reactive ketones (excluding diaryl/α,β-unsaturated/α-hetero) is 1. The Balaban J connectivity index is 1.67. The van der Waals surface area contributed by atoms with E-state index in [1.165, 1.54) is 4.88 Å². The number of fused-ring (bicyclic) bond motifs is 1. The van der Waals surface area contributed by atoms with E-state index >= 15 is 0 Å². The van der Waals surface area contributed by atoms with Gasteiger partial charge in [-0.1, -0.05) is 34.1 Å². The second-order valence-corrected chi connectivity index (χ2v) is 9.47. The summed E-state index contributed by atoms with van der Waals surface area (Å²) in [7, 11) is 1.67. The van der Waals surface area contributed by atoms with Crippen LogP contribution in [0.25, 0.3) is 0 Å². The van der Waals surface area contributed by atoms with Crippen LogP contribution < -0.4 is 15.4 Å². The van der Waals surface area contributed by atoms with Crippen LogP contribution >= 0.6 is 27.3 Å². The number of carbonyl (C=O) groups is 1. The molecule has 2 aliphatic rings. The summed E-state index contributed by atoms with van der Waals surface area (Å²) >= 11 is 5.31. The zero-order valence-electron chi connectivity index (χ0n) is 16.4. The lowest BCUT2D eigenvalue weighted by Crippen LogP contribution is -2.26. The van der Waals surface area contributed by atoms with Crippen LogP contribution in [0.2, 0.25) is 0 Å². The largest absolute Gasteiger partial charge is 0.496 e. The molecular formula is C24H21BrN2O2S. The third-order valence-electron chi connectivity index (χ3n) is 5.76. The zero-order chi connectivity index (χ0) is 20.7. The van der Waals surface area contributed by atoms with Crippen molar-refractivity contribution in [2.24, 2.45) is 0 Å². The summed E-state index contributed by atoms with van der Waals surface area (Å²) < 4.78 is 6.62. The van der Waals surface area contributed by atoms with Crippen LogP contribution in [0.4, 0.5) is 11.4 Å². The fourth-order valence-electron chi connectivity index (χ4n) is 4.38. The topological polar surface area (TPSA) is 50.4 Å². The summed E-state index contributed by atoms with van der Waals surface area (Å²) in [6.07, 6.45) is 1.33. The number of hydrogen-bond acceptors (Lipinski definition) is 5. The van der Waals surface area contributed by atoms with Gasteiger partial charge in [0.25, 0.3) is 0 Å². The molecule has 2 heterocycles. The molecule has 2 unspecified atom stereocenters. The van der Waals surface area contributed by atoms with Gasteiger partial charge in [-0.3, -0.25) is 4.79 Å². The minimum atomic E-state index is -0.291. The number of thiophene rings is 1. The number of halogens is 1. The smallest absolute Gasteiger partial charge is 0.163 e. The first-order valence-electron chi connectivity index (χ1n) is 9.89. The number of para-hydroxylation sites is 2. The Morgan fingerprint density at radius 3 is 2.67 bits per heavy atom. The molecule has 4 nitrogen and oxygen atoms in total. The molecule has 0 saturated heterocycles. The molecule has 0 saturated carbocycles. The highest BCUT2D eigenvalue weighted by molar-refractivity contribution is 9.10. The Labute approximate surface area is 188 Å². The van der Waals surface area contributed by atoms with Crippen LogP contribution in [0.15, 0.2) is 75.7 Å². The number of ether oxygens (including phenoxy) is 1. The average molecular weight is 481 g/mol. The van der Waals surface area contributed by atoms with E-state index < -0.39 is 0 Å². The summed E-state index contributed by atoms with van der Waals surface area (Å²) in [5, 5.41) is 9.28. The van der Waals surface area contributed by atoms with Crippen LogP contribution in [0.5, 0.6) is 5.75 Å². The molecule has 5 rings (SSSR count). The highest BCUT2D eigenvalue weighted by Crippen LogP contribution is 2.46. The van der Waals surface area contributed by atoms with Gasteiger partial charge in [0.1, 0.15) is 5.75 Å². The predicted molar refractivity (Wildman–Crippen MR) is 125 cm³/mol. The van der Waals surface area contributed by atoms with Crippen molar-refractivity contribution >= 4 is 44.4 Å². The Morgan fingerprint density at radius 2 is 1.90 bits per heavy atom. The summed E-state index contributed by atoms with van der Waals surface area (Å²) in [6.45, 7) is 0. The lowest BCUT2D eigenvalue weighted by atomic mass is 9.80. The monoisotopic (exact) mass is 480 g/mol. The first kappa shape index (κ1) is 19.4. The molecule has 2 aromatic carbocycles. The Kier molecular flexibility index (Phi) is 5.13. The minimum Gasteiger partial charge on any atom is -0.496 e. The summed E-state index contributed by atoms with van der Waals surface area (Å²) in [5.74, 6) is 1.14. The van der Waals surface area contributed by atoms with E-state index in [1.807, 2.05) is 42.5 Å². The number of ketones is 1. The molecule has 1 aromatic heterocycles. The van der Waals surface area contributed by atoms with Crippen molar-refractivity contribution in [2.75, 3.05) is 17.7 Å². The quantitative estimate of drug-likeness (QED) is 0.449. The lowest BCUT2D eigenvalue weighted by molar-refractivity contribution is -0.116. The molecule has 3 aromatic rings. The second-order valence-electron chi connectivity index (χ2n) is 7.57. The van der Waals surface area contributed by atoms with Gasteiger partial charge in [-0.15, -0.1) is 11.3 Å². The molecule has 0 fully saturated rings. The van der Waals surface area contributed by atoms with Crippen molar-refractivity contribution in [3.05, 3.63) is 86.2 Å². The van der Waals surface area contributed by atoms with Crippen molar-refractivity contribution in [1.29, 1.82) is 0 Å². The zero-order valence-corrected chi connectivity index (χ0v) is 18.8. The van der Waals surface area contributed by atoms with E-state index in [9.17, 15) is 4.79 Å². The summed E-state index contributed by atoms with van der Waals surface area (Å²) in [4.78, 5) is 14.8. The standard InChI is InChI=1S/C24H21BrN2O2S/c1-29-21-9-8-15(25)13-16(21)24-23-19(26-17-5-2-3-6-18(17)27-24)11-14(12-20(23)28)22-7-4-10-30-22/h2-10,13-14,24,26-27H,11-12H2,1H3. The number of benzene rings is 2. The summed E-state index contributed by atoms with van der Waals surface area (Å²) in [5.41, 5.74) is 4.70. The van der Waals surface area contributed by atoms with Crippen molar-refractivity contribution < 1.29 is 9.53 Å². The van der Waals surface area contributed by atoms with Gasteiger partial charge in [-0.05, 0) is 48.2 Å². The molecule has 2 atom stereocenters. The van der Waals surface area contributed by atoms with E-state index in [-0.39, 0.29) is 17.7 Å². The van der Waals surface area contributed by atoms with Crippen molar-refractivity contribution in [3.8, 4) is 5.75 Å². The third-order valence-corrected chi connectivity index (χ3v) is 7.29. The molecule has 6 heteroatoms. The molecule has 2 N–H and O–H groups in total. The number of anilines is 2. The number of allylic oxidation sites excluding steroid dienone is 1. The predicted octanol–water partition coefficient (Wildman–Crippen LogP) is 6.50. The van der Waals surface area contributed by atoms with E-state index in [0.29, 0.717) is 6.42 Å². The SMILES string of the molecule is COc1ccc(Br)cc1C1Nc2ccccc2NC2=C1C(=O)CC(c1cccs1)C2. The van der Waals surface area contributed by atoms with Crippen LogP contribution in [-0.4, -0.2) is 12.9 Å². The average Bonchev–Trinajstić information content (AvgIpc) is 3.23. The van der Waals surface area contributed by atoms with E-state index in [0.717, 1.165) is 44.9 Å². The van der Waals surface area contributed by atoms with Gasteiger partial charge in [-0.25, -0.2) is 0 Å². The maximum atomic E-state index is 13.5. The first-order valence-corrected chi connectivity index (χ1v) is 11.6. The number of nitrogens with one attached hydrogen (secondary N) is 2. The third kappa shape index (κ3) is 3.44. The fraction of sp³-hybridized carbons (Fsp3) is 0.208. The molecule has 30 heavy (non-hydrogen) atoms. The van der Waals surface area contributed by atoms with Gasteiger partial charge in [-0.2, -0.15) is 0 Å². The van der Waals surface area contributed by atoms with Gasteiger partial charge in [0.15, 0.2) is 5.78 Å². The molecule has 152 valence electrons. The minimum absolute atomic E-state index is 0.175. The highest BCUT2D eigenvalue weighted by atomic mass is 79.9. The van der Waals surface area contributed by atoms with Gasteiger partial charge in [0, 0.05) is 38.5 Å². The first-order chi connectivity index (χ1) is 14.6. The molecule has 0 spiro atoms. The van der Waals surface area contributed by atoms with Crippen LogP contribution in [-0.2, 0) is 4.79 Å². The van der Waals surface area contributed by atoms with Gasteiger partial charge < -0.3 is 15.4 Å². The van der Waals surface area contributed by atoms with Crippen LogP contribution in [0.3, 0.4) is 0 Å². The Morgan fingerprint density at radius 1 is 1.07 bits per heavy atom. The lowest BCUT2D eigenvalue weighted by Gasteiger charge is -2.30. The molecular weight excluding hydrogens is 460 g/mol. The van der Waals surface area contributed by atoms with Gasteiger partial charge in [0.05, 0.1) is 24.5 Å². The number of carbonyl (C=O) groups excluding carboxylic acids is 1. The molecule has 1 aliphatic heterocycles. The molecule has 0 radical (unpaired) electrons. The Hall–Kier alpha value is -2.57. The van der Waals surface area contributed by atoms with Gasteiger partial charge in [0.2, 0.25) is 0 Å². The fourth-order valence-corrected chi connectivity index (χ4v) is 5.59. The molecule has 0 amide bonds. The second kappa shape index (κ2) is 7.93. The number of hydrogen-bond donors (Lipinski definition) is 2. The van der Waals surface area contributed by atoms with Crippen molar-refractivity contribution in [1.82, 2.24) is 0 Å². The normalized spacial score (nSPS) is 20.5. The maximum Gasteiger partial charge on any atom is 0.163 e. The van der Waals surface area contributed by atoms with E-state index in [1.54, 1.807) is 18.4 Å². The van der Waals surface area contributed by atoms with Gasteiger partial charge >= 0.3 is 0 Å². The molecule has 0 bridgehead atoms. The Bertz CT molecular complexity index is 1140. The van der Waals surface area contributed by atoms with Crippen molar-refractivity contribution in [3.63, 3.8) is 0 Å². The van der Waals surface area contributed by atoms with Crippen LogP contribution in [0.1, 0.15) is 35.2 Å². The number of rotatable bonds is 3. The highest BCUT2D eigenvalue weighted by Gasteiger charge is 2.37. The maximum absolute atomic E-state index is 13.5. The number of methoxy groups -OCH3 is 1. The van der Waals surface area contributed by atoms with Crippen molar-refractivity contribution in [2.45, 2.75) is 24.8 Å².